The van der Waals surface area contributed by atoms with Gasteiger partial charge in [-0.05, 0) is 6.42 Å². The number of fused-ring (bicyclic) bond motifs is 1. The molecule has 0 bridgehead atoms. The molecule has 3 heterocycles. The molecule has 2 N–H and O–H groups in total. The van der Waals surface area contributed by atoms with E-state index in [0.717, 1.165) is 58.7 Å². The standard InChI is InChI=1S/C14H23N5O/c20-14(17-4-8-18-6-2-15-3-7-18)12-1-5-19-11-16-10-13(19)9-12/h10-12,15H,1-9H2,(H,17,20). The minimum atomic E-state index is 0.113. The molecule has 110 valence electrons. The summed E-state index contributed by atoms with van der Waals surface area (Å²) in [4.78, 5) is 18.7. The summed E-state index contributed by atoms with van der Waals surface area (Å²) in [5.41, 5.74) is 1.18. The van der Waals surface area contributed by atoms with Gasteiger partial charge in [0.2, 0.25) is 5.91 Å². The van der Waals surface area contributed by atoms with Gasteiger partial charge in [0, 0.05) is 70.0 Å². The van der Waals surface area contributed by atoms with Crippen molar-refractivity contribution < 1.29 is 4.79 Å². The lowest BCUT2D eigenvalue weighted by molar-refractivity contribution is -0.125. The summed E-state index contributed by atoms with van der Waals surface area (Å²) >= 11 is 0. The molecule has 2 aliphatic heterocycles. The molecule has 0 aromatic carbocycles. The van der Waals surface area contributed by atoms with E-state index in [0.29, 0.717) is 0 Å². The van der Waals surface area contributed by atoms with Gasteiger partial charge in [-0.25, -0.2) is 4.98 Å². The molecule has 1 amide bonds. The zero-order valence-corrected chi connectivity index (χ0v) is 11.8. The number of hydrogen-bond acceptors (Lipinski definition) is 4. The van der Waals surface area contributed by atoms with Crippen LogP contribution in [0.15, 0.2) is 12.5 Å². The minimum absolute atomic E-state index is 0.113. The minimum Gasteiger partial charge on any atom is -0.355 e. The van der Waals surface area contributed by atoms with Crippen molar-refractivity contribution in [1.82, 2.24) is 25.1 Å². The van der Waals surface area contributed by atoms with Crippen LogP contribution in [0.3, 0.4) is 0 Å². The van der Waals surface area contributed by atoms with Gasteiger partial charge in [-0.3, -0.25) is 9.69 Å². The number of imidazole rings is 1. The molecule has 3 rings (SSSR count). The number of aromatic nitrogens is 2. The van der Waals surface area contributed by atoms with Gasteiger partial charge in [-0.15, -0.1) is 0 Å². The summed E-state index contributed by atoms with van der Waals surface area (Å²) in [6.07, 6.45) is 5.47. The number of carbonyl (C=O) groups is 1. The number of nitrogens with zero attached hydrogens (tertiary/aromatic N) is 3. The summed E-state index contributed by atoms with van der Waals surface area (Å²) in [6, 6.07) is 0. The first-order valence-corrected chi connectivity index (χ1v) is 7.53. The maximum absolute atomic E-state index is 12.2. The highest BCUT2D eigenvalue weighted by Crippen LogP contribution is 2.19. The van der Waals surface area contributed by atoms with E-state index in [9.17, 15) is 4.79 Å². The highest BCUT2D eigenvalue weighted by molar-refractivity contribution is 5.79. The van der Waals surface area contributed by atoms with Crippen molar-refractivity contribution in [2.24, 2.45) is 5.92 Å². The van der Waals surface area contributed by atoms with Gasteiger partial charge in [0.05, 0.1) is 6.33 Å². The molecular weight excluding hydrogens is 254 g/mol. The molecule has 0 spiro atoms. The van der Waals surface area contributed by atoms with Crippen molar-refractivity contribution in [3.63, 3.8) is 0 Å². The first-order chi connectivity index (χ1) is 9.83. The molecule has 1 unspecified atom stereocenters. The van der Waals surface area contributed by atoms with E-state index < -0.39 is 0 Å². The lowest BCUT2D eigenvalue weighted by atomic mass is 9.95. The number of amides is 1. The fourth-order valence-electron chi connectivity index (χ4n) is 3.01. The Labute approximate surface area is 119 Å². The van der Waals surface area contributed by atoms with Gasteiger partial charge in [0.25, 0.3) is 0 Å². The van der Waals surface area contributed by atoms with Crippen LogP contribution < -0.4 is 10.6 Å². The van der Waals surface area contributed by atoms with Gasteiger partial charge in [-0.2, -0.15) is 0 Å². The quantitative estimate of drug-likeness (QED) is 0.776. The van der Waals surface area contributed by atoms with Crippen LogP contribution in [0.5, 0.6) is 0 Å². The van der Waals surface area contributed by atoms with Crippen LogP contribution in [0.4, 0.5) is 0 Å². The molecule has 2 aliphatic rings. The molecule has 0 aliphatic carbocycles. The predicted molar refractivity (Wildman–Crippen MR) is 76.4 cm³/mol. The van der Waals surface area contributed by atoms with Gasteiger partial charge >= 0.3 is 0 Å². The van der Waals surface area contributed by atoms with Crippen molar-refractivity contribution in [3.8, 4) is 0 Å². The van der Waals surface area contributed by atoms with E-state index in [4.69, 9.17) is 0 Å². The van der Waals surface area contributed by atoms with Crippen molar-refractivity contribution >= 4 is 5.91 Å². The molecule has 0 radical (unpaired) electrons. The summed E-state index contributed by atoms with van der Waals surface area (Å²) < 4.78 is 2.14. The number of nitrogens with one attached hydrogen (secondary N) is 2. The first kappa shape index (κ1) is 13.6. The fourth-order valence-corrected chi connectivity index (χ4v) is 3.01. The Hall–Kier alpha value is -1.40. The molecule has 1 aromatic rings. The average molecular weight is 277 g/mol. The smallest absolute Gasteiger partial charge is 0.223 e. The Balaban J connectivity index is 1.41. The maximum Gasteiger partial charge on any atom is 0.223 e. The Morgan fingerprint density at radius 2 is 2.25 bits per heavy atom. The average Bonchev–Trinajstić information content (AvgIpc) is 2.95. The van der Waals surface area contributed by atoms with Crippen LogP contribution in [0.1, 0.15) is 12.1 Å². The van der Waals surface area contributed by atoms with Crippen LogP contribution in [0, 0.1) is 5.92 Å². The number of aryl methyl sites for hydroxylation is 1. The SMILES string of the molecule is O=C(NCCN1CCNCC1)C1CCn2cncc2C1. The highest BCUT2D eigenvalue weighted by Gasteiger charge is 2.24. The molecule has 1 fully saturated rings. The van der Waals surface area contributed by atoms with Gasteiger partial charge in [-0.1, -0.05) is 0 Å². The zero-order valence-electron chi connectivity index (χ0n) is 11.8. The number of piperazine rings is 1. The third kappa shape index (κ3) is 3.19. The molecule has 6 nitrogen and oxygen atoms in total. The predicted octanol–water partition coefficient (Wildman–Crippen LogP) is -0.533. The van der Waals surface area contributed by atoms with Crippen molar-refractivity contribution in [2.45, 2.75) is 19.4 Å². The molecule has 1 aromatic heterocycles. The Bertz CT molecular complexity index is 452. The molecule has 20 heavy (non-hydrogen) atoms. The van der Waals surface area contributed by atoms with E-state index in [1.54, 1.807) is 0 Å². The van der Waals surface area contributed by atoms with Gasteiger partial charge in [0.15, 0.2) is 0 Å². The molecule has 0 saturated carbocycles. The second kappa shape index (κ2) is 6.37. The second-order valence-electron chi connectivity index (χ2n) is 5.65. The topological polar surface area (TPSA) is 62.2 Å². The summed E-state index contributed by atoms with van der Waals surface area (Å²) in [5, 5.41) is 6.43. The fraction of sp³-hybridized carbons (Fsp3) is 0.714. The van der Waals surface area contributed by atoms with Crippen LogP contribution in [0.25, 0.3) is 0 Å². The number of carbonyl (C=O) groups excluding carboxylic acids is 1. The molecule has 1 atom stereocenters. The Morgan fingerprint density at radius 3 is 3.10 bits per heavy atom. The third-order valence-corrected chi connectivity index (χ3v) is 4.28. The highest BCUT2D eigenvalue weighted by atomic mass is 16.1. The van der Waals surface area contributed by atoms with E-state index in [-0.39, 0.29) is 11.8 Å². The summed E-state index contributed by atoms with van der Waals surface area (Å²) in [6.45, 7) is 6.90. The lowest BCUT2D eigenvalue weighted by Crippen LogP contribution is -2.47. The molecule has 1 saturated heterocycles. The van der Waals surface area contributed by atoms with E-state index in [1.165, 1.54) is 5.69 Å². The third-order valence-electron chi connectivity index (χ3n) is 4.28. The second-order valence-corrected chi connectivity index (χ2v) is 5.65. The number of rotatable bonds is 4. The molecule has 6 heteroatoms. The van der Waals surface area contributed by atoms with E-state index in [1.807, 2.05) is 12.5 Å². The van der Waals surface area contributed by atoms with Gasteiger partial charge < -0.3 is 15.2 Å². The summed E-state index contributed by atoms with van der Waals surface area (Å²) in [5.74, 6) is 0.315. The normalized spacial score (nSPS) is 23.3. The van der Waals surface area contributed by atoms with Crippen molar-refractivity contribution in [3.05, 3.63) is 18.2 Å². The first-order valence-electron chi connectivity index (χ1n) is 7.53. The van der Waals surface area contributed by atoms with Gasteiger partial charge in [0.1, 0.15) is 0 Å². The van der Waals surface area contributed by atoms with Crippen molar-refractivity contribution in [1.29, 1.82) is 0 Å². The molecular formula is C14H23N5O. The zero-order chi connectivity index (χ0) is 13.8. The van der Waals surface area contributed by atoms with E-state index >= 15 is 0 Å². The monoisotopic (exact) mass is 277 g/mol. The largest absolute Gasteiger partial charge is 0.355 e. The Morgan fingerprint density at radius 1 is 1.40 bits per heavy atom. The van der Waals surface area contributed by atoms with Crippen LogP contribution in [-0.4, -0.2) is 59.6 Å². The maximum atomic E-state index is 12.2. The summed E-state index contributed by atoms with van der Waals surface area (Å²) in [7, 11) is 0. The number of hydrogen-bond donors (Lipinski definition) is 2. The van der Waals surface area contributed by atoms with Crippen molar-refractivity contribution in [2.75, 3.05) is 39.3 Å². The van der Waals surface area contributed by atoms with Crippen LogP contribution >= 0.6 is 0 Å². The van der Waals surface area contributed by atoms with Crippen LogP contribution in [0.2, 0.25) is 0 Å². The van der Waals surface area contributed by atoms with E-state index in [2.05, 4.69) is 25.1 Å². The Kier molecular flexibility index (Phi) is 4.32. The lowest BCUT2D eigenvalue weighted by Gasteiger charge is -2.28. The van der Waals surface area contributed by atoms with Crippen LogP contribution in [-0.2, 0) is 17.8 Å².